The van der Waals surface area contributed by atoms with Gasteiger partial charge in [0.1, 0.15) is 0 Å². The Hall–Kier alpha value is -0.560. The molecule has 1 nitrogen and oxygen atoms in total. The normalized spacial score (nSPS) is 17.0. The summed E-state index contributed by atoms with van der Waals surface area (Å²) in [5.41, 5.74) is 0.726. The average Bonchev–Trinajstić information content (AvgIpc) is 2.42. The van der Waals surface area contributed by atoms with Gasteiger partial charge < -0.3 is 5.32 Å². The van der Waals surface area contributed by atoms with Crippen LogP contribution in [0.25, 0.3) is 0 Å². The molecule has 0 saturated heterocycles. The number of hydrogen-bond donors (Lipinski definition) is 1. The van der Waals surface area contributed by atoms with E-state index >= 15 is 0 Å². The van der Waals surface area contributed by atoms with Crippen LogP contribution >= 0.6 is 0 Å². The van der Waals surface area contributed by atoms with Crippen LogP contribution in [0.5, 0.6) is 0 Å². The van der Waals surface area contributed by atoms with Crippen molar-refractivity contribution in [3.63, 3.8) is 0 Å². The summed E-state index contributed by atoms with van der Waals surface area (Å²) >= 11 is 0. The first kappa shape index (κ1) is 24.4. The van der Waals surface area contributed by atoms with Gasteiger partial charge in [0.25, 0.3) is 0 Å². The minimum atomic E-state index is 0.0833. The van der Waals surface area contributed by atoms with Crippen LogP contribution in [0, 0.1) is 28.6 Å². The van der Waals surface area contributed by atoms with Gasteiger partial charge in [0.05, 0.1) is 0 Å². The van der Waals surface area contributed by atoms with E-state index < -0.39 is 0 Å². The van der Waals surface area contributed by atoms with E-state index in [4.69, 9.17) is 0 Å². The summed E-state index contributed by atoms with van der Waals surface area (Å²) in [6.45, 7) is 26.5. The van der Waals surface area contributed by atoms with E-state index in [2.05, 4.69) is 106 Å². The van der Waals surface area contributed by atoms with Gasteiger partial charge in [-0.3, -0.25) is 0 Å². The van der Waals surface area contributed by atoms with Crippen LogP contribution in [0.2, 0.25) is 0 Å². The van der Waals surface area contributed by atoms with Gasteiger partial charge in [-0.25, -0.2) is 0 Å². The van der Waals surface area contributed by atoms with Crippen molar-refractivity contribution in [3.05, 3.63) is 24.3 Å². The third kappa shape index (κ3) is 10.9. The molecule has 148 valence electrons. The number of hydrogen-bond acceptors (Lipinski definition) is 1. The van der Waals surface area contributed by atoms with Gasteiger partial charge in [0.2, 0.25) is 0 Å². The predicted molar refractivity (Wildman–Crippen MR) is 116 cm³/mol. The molecule has 0 saturated carbocycles. The molecule has 0 radical (unpaired) electrons. The summed E-state index contributed by atoms with van der Waals surface area (Å²) in [6, 6.07) is 0. The molecule has 1 N–H and O–H groups in total. The second-order valence-corrected chi connectivity index (χ2v) is 10.5. The molecule has 2 unspecified atom stereocenters. The molecule has 0 aromatic carbocycles. The summed E-state index contributed by atoms with van der Waals surface area (Å²) in [5.74, 6) is 1.94. The van der Waals surface area contributed by atoms with Gasteiger partial charge in [-0.2, -0.15) is 0 Å². The van der Waals surface area contributed by atoms with Gasteiger partial charge in [-0.05, 0) is 61.8 Å². The zero-order valence-electron chi connectivity index (χ0n) is 19.2. The molecule has 0 aliphatic carbocycles. The van der Waals surface area contributed by atoms with E-state index in [1.165, 1.54) is 12.8 Å². The third-order valence-electron chi connectivity index (χ3n) is 5.61. The van der Waals surface area contributed by atoms with E-state index in [9.17, 15) is 0 Å². The van der Waals surface area contributed by atoms with Crippen LogP contribution in [0.4, 0.5) is 0 Å². The molecule has 0 aromatic heterocycles. The summed E-state index contributed by atoms with van der Waals surface area (Å²) in [5, 5.41) is 3.51. The number of nitrogens with one attached hydrogen (secondary N) is 1. The van der Waals surface area contributed by atoms with Crippen LogP contribution < -0.4 is 5.32 Å². The molecule has 0 spiro atoms. The van der Waals surface area contributed by atoms with Crippen LogP contribution in [0.3, 0.4) is 0 Å². The first-order chi connectivity index (χ1) is 11.2. The molecule has 0 fully saturated rings. The van der Waals surface area contributed by atoms with Gasteiger partial charge >= 0.3 is 0 Å². The number of allylic oxidation sites excluding steroid dienone is 3. The lowest BCUT2D eigenvalue weighted by atomic mass is 9.74. The van der Waals surface area contributed by atoms with E-state index in [1.54, 1.807) is 0 Å². The molecule has 0 aromatic rings. The van der Waals surface area contributed by atoms with E-state index in [0.717, 1.165) is 12.5 Å². The Morgan fingerprint density at radius 2 is 1.24 bits per heavy atom. The molecule has 2 atom stereocenters. The molecule has 0 bridgehead atoms. The molecular weight excluding hydrogens is 302 g/mol. The van der Waals surface area contributed by atoms with Crippen LogP contribution in [-0.4, -0.2) is 12.1 Å². The van der Waals surface area contributed by atoms with Crippen molar-refractivity contribution in [3.8, 4) is 0 Å². The Morgan fingerprint density at radius 3 is 1.72 bits per heavy atom. The monoisotopic (exact) mass is 349 g/mol. The maximum atomic E-state index is 3.51. The standard InChI is InChI=1S/C24H47N/c1-12-25-24(10,11)16-14-20(4)17-22(6,7)15-13-21(5)18-23(8,9)19(2)3/h13-16,19-21,25H,12,17-18H2,1-11H3/b15-13+,16-14+. The largest absolute Gasteiger partial charge is 0.309 e. The smallest absolute Gasteiger partial charge is 0.0307 e. The fourth-order valence-corrected chi connectivity index (χ4v) is 3.44. The van der Waals surface area contributed by atoms with E-state index in [1.807, 2.05) is 0 Å². The lowest BCUT2D eigenvalue weighted by Crippen LogP contribution is -2.36. The summed E-state index contributed by atoms with van der Waals surface area (Å²) < 4.78 is 0. The second kappa shape index (κ2) is 9.95. The quantitative estimate of drug-likeness (QED) is 0.387. The Labute approximate surface area is 159 Å². The van der Waals surface area contributed by atoms with Gasteiger partial charge in [-0.1, -0.05) is 86.6 Å². The molecular formula is C24H47N. The fourth-order valence-electron chi connectivity index (χ4n) is 3.44. The molecule has 0 aliphatic rings. The molecule has 0 heterocycles. The van der Waals surface area contributed by atoms with Gasteiger partial charge in [-0.15, -0.1) is 0 Å². The zero-order chi connectivity index (χ0) is 19.9. The highest BCUT2D eigenvalue weighted by Crippen LogP contribution is 2.35. The zero-order valence-corrected chi connectivity index (χ0v) is 19.2. The van der Waals surface area contributed by atoms with Crippen molar-refractivity contribution < 1.29 is 0 Å². The molecule has 0 rings (SSSR count). The van der Waals surface area contributed by atoms with Gasteiger partial charge in [0.15, 0.2) is 0 Å². The van der Waals surface area contributed by atoms with Crippen molar-refractivity contribution in [1.29, 1.82) is 0 Å². The topological polar surface area (TPSA) is 12.0 Å². The second-order valence-electron chi connectivity index (χ2n) is 10.5. The molecule has 25 heavy (non-hydrogen) atoms. The number of likely N-dealkylation sites (N-methyl/N-ethyl adjacent to an activating group) is 1. The van der Waals surface area contributed by atoms with Crippen molar-refractivity contribution >= 4 is 0 Å². The highest BCUT2D eigenvalue weighted by atomic mass is 14.9. The Balaban J connectivity index is 4.69. The number of rotatable bonds is 11. The minimum Gasteiger partial charge on any atom is -0.309 e. The van der Waals surface area contributed by atoms with Gasteiger partial charge in [0, 0.05) is 5.54 Å². The molecule has 0 aliphatic heterocycles. The fraction of sp³-hybridized carbons (Fsp3) is 0.833. The molecule has 0 amide bonds. The van der Waals surface area contributed by atoms with Crippen LogP contribution in [-0.2, 0) is 0 Å². The lowest BCUT2D eigenvalue weighted by molar-refractivity contribution is 0.207. The maximum absolute atomic E-state index is 3.51. The SMILES string of the molecule is CCNC(C)(C)/C=C/C(C)CC(C)(C)/C=C/C(C)CC(C)(C)C(C)C. The summed E-state index contributed by atoms with van der Waals surface area (Å²) in [6.07, 6.45) is 12.0. The van der Waals surface area contributed by atoms with E-state index in [0.29, 0.717) is 17.3 Å². The predicted octanol–water partition coefficient (Wildman–Crippen LogP) is 7.25. The highest BCUT2D eigenvalue weighted by molar-refractivity contribution is 5.05. The van der Waals surface area contributed by atoms with Crippen LogP contribution in [0.15, 0.2) is 24.3 Å². The highest BCUT2D eigenvalue weighted by Gasteiger charge is 2.24. The minimum absolute atomic E-state index is 0.0833. The maximum Gasteiger partial charge on any atom is 0.0307 e. The third-order valence-corrected chi connectivity index (χ3v) is 5.61. The summed E-state index contributed by atoms with van der Waals surface area (Å²) in [7, 11) is 0. The van der Waals surface area contributed by atoms with E-state index in [-0.39, 0.29) is 11.0 Å². The van der Waals surface area contributed by atoms with Crippen molar-refractivity contribution in [2.75, 3.05) is 6.54 Å². The first-order valence-electron chi connectivity index (χ1n) is 10.3. The van der Waals surface area contributed by atoms with Crippen LogP contribution in [0.1, 0.15) is 89.0 Å². The average molecular weight is 350 g/mol. The summed E-state index contributed by atoms with van der Waals surface area (Å²) in [4.78, 5) is 0. The van der Waals surface area contributed by atoms with Crippen molar-refractivity contribution in [1.82, 2.24) is 5.32 Å². The van der Waals surface area contributed by atoms with Crippen molar-refractivity contribution in [2.45, 2.75) is 94.5 Å². The molecule has 1 heteroatoms. The first-order valence-corrected chi connectivity index (χ1v) is 10.3. The van der Waals surface area contributed by atoms with Crippen molar-refractivity contribution in [2.24, 2.45) is 28.6 Å². The Morgan fingerprint density at radius 1 is 0.760 bits per heavy atom. The Bertz CT molecular complexity index is 423. The lowest BCUT2D eigenvalue weighted by Gasteiger charge is -2.32. The Kier molecular flexibility index (Phi) is 9.73.